The quantitative estimate of drug-likeness (QED) is 0.714. The predicted molar refractivity (Wildman–Crippen MR) is 102 cm³/mol. The number of rotatable bonds is 3. The number of piperazine rings is 1. The highest BCUT2D eigenvalue weighted by Gasteiger charge is 2.17. The molecule has 1 aliphatic heterocycles. The molecule has 1 heterocycles. The van der Waals surface area contributed by atoms with Gasteiger partial charge >= 0.3 is 0 Å². The number of benzene rings is 2. The van der Waals surface area contributed by atoms with Crippen LogP contribution >= 0.6 is 43.6 Å². The van der Waals surface area contributed by atoms with E-state index in [9.17, 15) is 0 Å². The molecular formula is C17H18Br2N2S. The number of nitrogens with zero attached hydrogens (tertiary/aromatic N) is 1. The van der Waals surface area contributed by atoms with Gasteiger partial charge in [0.25, 0.3) is 0 Å². The van der Waals surface area contributed by atoms with E-state index in [0.29, 0.717) is 0 Å². The van der Waals surface area contributed by atoms with Crippen molar-refractivity contribution in [3.63, 3.8) is 0 Å². The van der Waals surface area contributed by atoms with E-state index in [1.165, 1.54) is 21.0 Å². The van der Waals surface area contributed by atoms with E-state index in [2.05, 4.69) is 85.4 Å². The van der Waals surface area contributed by atoms with E-state index in [0.717, 1.165) is 35.1 Å². The first kappa shape index (κ1) is 16.4. The van der Waals surface area contributed by atoms with Crippen molar-refractivity contribution in [3.05, 3.63) is 50.9 Å². The predicted octanol–water partition coefficient (Wildman–Crippen LogP) is 5.08. The normalized spacial score (nSPS) is 15.1. The molecule has 2 aromatic carbocycles. The Morgan fingerprint density at radius 3 is 2.41 bits per heavy atom. The van der Waals surface area contributed by atoms with Gasteiger partial charge in [-0.3, -0.25) is 0 Å². The molecule has 116 valence electrons. The van der Waals surface area contributed by atoms with Crippen LogP contribution in [0, 0.1) is 6.92 Å². The van der Waals surface area contributed by atoms with Crippen LogP contribution in [0.1, 0.15) is 5.56 Å². The lowest BCUT2D eigenvalue weighted by molar-refractivity contribution is 0.586. The smallest absolute Gasteiger partial charge is 0.0521 e. The van der Waals surface area contributed by atoms with E-state index >= 15 is 0 Å². The summed E-state index contributed by atoms with van der Waals surface area (Å²) in [7, 11) is 0. The Kier molecular flexibility index (Phi) is 5.50. The molecule has 0 atom stereocenters. The van der Waals surface area contributed by atoms with E-state index in [1.54, 1.807) is 0 Å². The number of halogens is 2. The van der Waals surface area contributed by atoms with Crippen molar-refractivity contribution in [2.24, 2.45) is 0 Å². The zero-order chi connectivity index (χ0) is 15.5. The molecule has 0 aliphatic carbocycles. The molecule has 0 aromatic heterocycles. The topological polar surface area (TPSA) is 15.3 Å². The fourth-order valence-corrected chi connectivity index (χ4v) is 4.45. The second kappa shape index (κ2) is 7.39. The van der Waals surface area contributed by atoms with Gasteiger partial charge in [-0.2, -0.15) is 0 Å². The molecular weight excluding hydrogens is 424 g/mol. The maximum absolute atomic E-state index is 3.65. The van der Waals surface area contributed by atoms with Crippen LogP contribution in [0.5, 0.6) is 0 Å². The number of hydrogen-bond acceptors (Lipinski definition) is 3. The van der Waals surface area contributed by atoms with Crippen molar-refractivity contribution < 1.29 is 0 Å². The van der Waals surface area contributed by atoms with Crippen LogP contribution < -0.4 is 10.2 Å². The molecule has 2 nitrogen and oxygen atoms in total. The monoisotopic (exact) mass is 440 g/mol. The summed E-state index contributed by atoms with van der Waals surface area (Å²) in [5.74, 6) is 0. The van der Waals surface area contributed by atoms with Crippen molar-refractivity contribution in [2.45, 2.75) is 16.7 Å². The number of hydrogen-bond donors (Lipinski definition) is 1. The number of anilines is 1. The standard InChI is InChI=1S/C17H18Br2N2S/c1-12-4-2-3-5-16(12)22-17-11-14(19)13(18)10-15(17)21-8-6-20-7-9-21/h2-5,10-11,20H,6-9H2,1H3. The van der Waals surface area contributed by atoms with Crippen molar-refractivity contribution in [1.82, 2.24) is 5.32 Å². The van der Waals surface area contributed by atoms with Gasteiger partial charge in [-0.1, -0.05) is 30.0 Å². The van der Waals surface area contributed by atoms with Crippen LogP contribution in [0.3, 0.4) is 0 Å². The number of nitrogens with one attached hydrogen (secondary N) is 1. The van der Waals surface area contributed by atoms with E-state index < -0.39 is 0 Å². The maximum Gasteiger partial charge on any atom is 0.0521 e. The van der Waals surface area contributed by atoms with Gasteiger partial charge in [-0.25, -0.2) is 0 Å². The second-order valence-electron chi connectivity index (χ2n) is 5.34. The molecule has 1 saturated heterocycles. The first-order valence-corrected chi connectivity index (χ1v) is 9.73. The maximum atomic E-state index is 3.65. The average Bonchev–Trinajstić information content (AvgIpc) is 2.54. The summed E-state index contributed by atoms with van der Waals surface area (Å²) in [6.45, 7) is 6.36. The minimum atomic E-state index is 1.04. The highest BCUT2D eigenvalue weighted by atomic mass is 79.9. The van der Waals surface area contributed by atoms with Crippen LogP contribution in [0.4, 0.5) is 5.69 Å². The molecule has 2 aromatic rings. The summed E-state index contributed by atoms with van der Waals surface area (Å²) in [4.78, 5) is 5.08. The Labute approximate surface area is 152 Å². The molecule has 1 fully saturated rings. The van der Waals surface area contributed by atoms with Gasteiger partial charge in [-0.05, 0) is 62.5 Å². The summed E-state index contributed by atoms with van der Waals surface area (Å²) in [6, 6.07) is 13.0. The highest BCUT2D eigenvalue weighted by molar-refractivity contribution is 9.13. The molecule has 5 heteroatoms. The molecule has 0 amide bonds. The fourth-order valence-electron chi connectivity index (χ4n) is 2.54. The van der Waals surface area contributed by atoms with Crippen LogP contribution in [0.2, 0.25) is 0 Å². The zero-order valence-corrected chi connectivity index (χ0v) is 16.4. The molecule has 0 radical (unpaired) electrons. The lowest BCUT2D eigenvalue weighted by Crippen LogP contribution is -2.43. The summed E-state index contributed by atoms with van der Waals surface area (Å²) in [5, 5.41) is 3.42. The molecule has 3 rings (SSSR count). The van der Waals surface area contributed by atoms with Gasteiger partial charge in [0.15, 0.2) is 0 Å². The summed E-state index contributed by atoms with van der Waals surface area (Å²) in [5.41, 5.74) is 2.63. The molecule has 22 heavy (non-hydrogen) atoms. The molecule has 0 spiro atoms. The molecule has 0 saturated carbocycles. The lowest BCUT2D eigenvalue weighted by atomic mass is 10.2. The average molecular weight is 442 g/mol. The third kappa shape index (κ3) is 3.70. The third-order valence-corrected chi connectivity index (χ3v) is 6.84. The van der Waals surface area contributed by atoms with Crippen LogP contribution in [-0.2, 0) is 0 Å². The van der Waals surface area contributed by atoms with Crippen LogP contribution in [-0.4, -0.2) is 26.2 Å². The first-order valence-electron chi connectivity index (χ1n) is 7.33. The minimum absolute atomic E-state index is 1.04. The summed E-state index contributed by atoms with van der Waals surface area (Å²) in [6.07, 6.45) is 0. The van der Waals surface area contributed by atoms with Gasteiger partial charge in [0.05, 0.1) is 5.69 Å². The Morgan fingerprint density at radius 2 is 1.68 bits per heavy atom. The number of aryl methyl sites for hydroxylation is 1. The van der Waals surface area contributed by atoms with Crippen molar-refractivity contribution >= 4 is 49.3 Å². The largest absolute Gasteiger partial charge is 0.368 e. The molecule has 1 aliphatic rings. The van der Waals surface area contributed by atoms with Gasteiger partial charge in [-0.15, -0.1) is 0 Å². The summed E-state index contributed by atoms with van der Waals surface area (Å²) >= 11 is 9.14. The minimum Gasteiger partial charge on any atom is -0.368 e. The van der Waals surface area contributed by atoms with E-state index in [1.807, 2.05) is 11.8 Å². The SMILES string of the molecule is Cc1ccccc1Sc1cc(Br)c(Br)cc1N1CCNCC1. The molecule has 0 bridgehead atoms. The van der Waals surface area contributed by atoms with Crippen LogP contribution in [0.15, 0.2) is 55.1 Å². The van der Waals surface area contributed by atoms with Gasteiger partial charge < -0.3 is 10.2 Å². The Balaban J connectivity index is 1.98. The Bertz CT molecular complexity index is 670. The third-order valence-electron chi connectivity index (χ3n) is 3.77. The van der Waals surface area contributed by atoms with Crippen LogP contribution in [0.25, 0.3) is 0 Å². The van der Waals surface area contributed by atoms with Crippen molar-refractivity contribution in [1.29, 1.82) is 0 Å². The van der Waals surface area contributed by atoms with E-state index in [-0.39, 0.29) is 0 Å². The highest BCUT2D eigenvalue weighted by Crippen LogP contribution is 2.41. The molecule has 0 unspecified atom stereocenters. The Hall–Kier alpha value is -0.490. The van der Waals surface area contributed by atoms with Gasteiger partial charge in [0.2, 0.25) is 0 Å². The zero-order valence-electron chi connectivity index (χ0n) is 12.4. The first-order chi connectivity index (χ1) is 10.6. The molecule has 1 N–H and O–H groups in total. The lowest BCUT2D eigenvalue weighted by Gasteiger charge is -2.31. The second-order valence-corrected chi connectivity index (χ2v) is 8.13. The summed E-state index contributed by atoms with van der Waals surface area (Å²) < 4.78 is 2.21. The van der Waals surface area contributed by atoms with Crippen molar-refractivity contribution in [2.75, 3.05) is 31.1 Å². The van der Waals surface area contributed by atoms with Gasteiger partial charge in [0.1, 0.15) is 0 Å². The fraction of sp³-hybridized carbons (Fsp3) is 0.294. The van der Waals surface area contributed by atoms with E-state index in [4.69, 9.17) is 0 Å². The van der Waals surface area contributed by atoms with Crippen molar-refractivity contribution in [3.8, 4) is 0 Å². The van der Waals surface area contributed by atoms with Gasteiger partial charge in [0, 0.05) is 44.9 Å². The Morgan fingerprint density at radius 1 is 1.00 bits per heavy atom.